The van der Waals surface area contributed by atoms with Crippen LogP contribution >= 0.6 is 0 Å². The number of anilines is 3. The molecule has 9 aromatic rings. The third kappa shape index (κ3) is 6.07. The Balaban J connectivity index is 1.26. The molecule has 0 saturated heterocycles. The standard InChI is InChI=1S/C50H35N/c1-3-13-36(14-4-1)44-32-45(37-15-5-2-6-16-37)34-46(33-44)39-27-29-47(30-28-39)51(50-24-12-20-40-18-9-10-23-49(40)50)48-22-11-21-42(35-48)43-26-25-38-17-7-8-19-41(38)31-43/h1-35H/i9D,10D,12D,18D,20D,23D,24D. The average molecular weight is 657 g/mol. The van der Waals surface area contributed by atoms with E-state index in [1.54, 1.807) is 4.90 Å². The predicted molar refractivity (Wildman–Crippen MR) is 218 cm³/mol. The number of fused-ring (bicyclic) bond motifs is 2. The number of benzene rings is 9. The van der Waals surface area contributed by atoms with E-state index in [2.05, 4.69) is 72.8 Å². The Morgan fingerprint density at radius 1 is 0.314 bits per heavy atom. The number of hydrogen-bond donors (Lipinski definition) is 0. The van der Waals surface area contributed by atoms with Crippen LogP contribution in [0.15, 0.2) is 212 Å². The van der Waals surface area contributed by atoms with Crippen LogP contribution in [-0.2, 0) is 0 Å². The molecule has 0 bridgehead atoms. The molecule has 9 aromatic carbocycles. The highest BCUT2D eigenvalue weighted by Gasteiger charge is 2.17. The van der Waals surface area contributed by atoms with Crippen LogP contribution in [0.25, 0.3) is 66.1 Å². The van der Waals surface area contributed by atoms with Gasteiger partial charge < -0.3 is 4.90 Å². The van der Waals surface area contributed by atoms with Gasteiger partial charge in [0.1, 0.15) is 0 Å². The van der Waals surface area contributed by atoms with Crippen molar-refractivity contribution in [3.05, 3.63) is 212 Å². The van der Waals surface area contributed by atoms with E-state index >= 15 is 0 Å². The van der Waals surface area contributed by atoms with Crippen molar-refractivity contribution in [2.24, 2.45) is 0 Å². The summed E-state index contributed by atoms with van der Waals surface area (Å²) in [6, 6.07) is 54.3. The monoisotopic (exact) mass is 656 g/mol. The minimum absolute atomic E-state index is 0.0141. The SMILES string of the molecule is [2H]c1c([2H])c([2H])c2c(N(c3ccc(-c4cc(-c5ccccc5)cc(-c5ccccc5)c4)cc3)c3cccc(-c4ccc5ccccc5c4)c3)c([2H])c([2H])c([2H])c2c1[2H]. The van der Waals surface area contributed by atoms with E-state index in [1.807, 2.05) is 97.1 Å². The van der Waals surface area contributed by atoms with Gasteiger partial charge in [-0.1, -0.05) is 158 Å². The van der Waals surface area contributed by atoms with E-state index < -0.39 is 30.2 Å². The molecule has 9 rings (SSSR count). The summed E-state index contributed by atoms with van der Waals surface area (Å²) < 4.78 is 62.0. The highest BCUT2D eigenvalue weighted by Crippen LogP contribution is 2.41. The first-order chi connectivity index (χ1) is 28.2. The molecule has 0 radical (unpaired) electrons. The molecule has 0 aliphatic rings. The fourth-order valence-corrected chi connectivity index (χ4v) is 6.76. The third-order valence-corrected chi connectivity index (χ3v) is 9.31. The molecule has 51 heavy (non-hydrogen) atoms. The molecule has 0 amide bonds. The van der Waals surface area contributed by atoms with Crippen LogP contribution in [0.1, 0.15) is 9.60 Å². The Bertz CT molecular complexity index is 2950. The van der Waals surface area contributed by atoms with E-state index in [0.29, 0.717) is 11.4 Å². The molecular formula is C50H35N. The lowest BCUT2D eigenvalue weighted by atomic mass is 9.93. The maximum Gasteiger partial charge on any atom is 0.0645 e. The average Bonchev–Trinajstić information content (AvgIpc) is 3.28. The normalized spacial score (nSPS) is 13.1. The van der Waals surface area contributed by atoms with Crippen molar-refractivity contribution in [3.8, 4) is 44.5 Å². The highest BCUT2D eigenvalue weighted by molar-refractivity contribution is 5.99. The lowest BCUT2D eigenvalue weighted by Crippen LogP contribution is -2.10. The first kappa shape index (κ1) is 23.6. The van der Waals surface area contributed by atoms with Crippen molar-refractivity contribution in [1.82, 2.24) is 0 Å². The molecule has 0 aliphatic heterocycles. The molecule has 1 nitrogen and oxygen atoms in total. The van der Waals surface area contributed by atoms with Gasteiger partial charge >= 0.3 is 0 Å². The molecule has 1 heteroatoms. The Morgan fingerprint density at radius 3 is 1.57 bits per heavy atom. The van der Waals surface area contributed by atoms with Crippen LogP contribution < -0.4 is 4.90 Å². The van der Waals surface area contributed by atoms with Gasteiger partial charge in [0, 0.05) is 16.8 Å². The van der Waals surface area contributed by atoms with Gasteiger partial charge in [0.05, 0.1) is 15.3 Å². The fourth-order valence-electron chi connectivity index (χ4n) is 6.76. The minimum atomic E-state index is -0.490. The zero-order chi connectivity index (χ0) is 40.1. The van der Waals surface area contributed by atoms with Gasteiger partial charge in [0.25, 0.3) is 0 Å². The van der Waals surface area contributed by atoms with Crippen molar-refractivity contribution >= 4 is 38.6 Å². The lowest BCUT2D eigenvalue weighted by Gasteiger charge is -2.27. The molecule has 240 valence electrons. The quantitative estimate of drug-likeness (QED) is 0.165. The molecule has 0 fully saturated rings. The van der Waals surface area contributed by atoms with Gasteiger partial charge in [0.2, 0.25) is 0 Å². The number of nitrogens with zero attached hydrogens (tertiary/aromatic N) is 1. The van der Waals surface area contributed by atoms with Gasteiger partial charge in [0.15, 0.2) is 0 Å². The molecule has 0 N–H and O–H groups in total. The molecule has 0 saturated carbocycles. The molecule has 0 heterocycles. The largest absolute Gasteiger partial charge is 0.310 e. The second kappa shape index (κ2) is 13.3. The van der Waals surface area contributed by atoms with Crippen molar-refractivity contribution in [1.29, 1.82) is 0 Å². The third-order valence-electron chi connectivity index (χ3n) is 9.31. The summed E-state index contributed by atoms with van der Waals surface area (Å²) in [7, 11) is 0. The van der Waals surface area contributed by atoms with Crippen LogP contribution in [0.5, 0.6) is 0 Å². The first-order valence-corrected chi connectivity index (χ1v) is 16.9. The van der Waals surface area contributed by atoms with Crippen LogP contribution in [0.3, 0.4) is 0 Å². The van der Waals surface area contributed by atoms with Gasteiger partial charge in [-0.15, -0.1) is 0 Å². The van der Waals surface area contributed by atoms with E-state index in [9.17, 15) is 1.37 Å². The molecule has 0 unspecified atom stereocenters. The zero-order valence-electron chi connectivity index (χ0n) is 34.6. The van der Waals surface area contributed by atoms with Crippen molar-refractivity contribution in [2.45, 2.75) is 0 Å². The topological polar surface area (TPSA) is 3.24 Å². The maximum atomic E-state index is 9.33. The Hall–Kier alpha value is -6.70. The van der Waals surface area contributed by atoms with E-state index in [-0.39, 0.29) is 28.5 Å². The van der Waals surface area contributed by atoms with Gasteiger partial charge in [-0.05, 0) is 115 Å². The molecule has 0 aliphatic carbocycles. The Morgan fingerprint density at radius 2 is 0.863 bits per heavy atom. The lowest BCUT2D eigenvalue weighted by molar-refractivity contribution is 1.30. The maximum absolute atomic E-state index is 9.33. The molecule has 0 aromatic heterocycles. The van der Waals surface area contributed by atoms with Gasteiger partial charge in [-0.2, -0.15) is 0 Å². The summed E-state index contributed by atoms with van der Waals surface area (Å²) in [6.07, 6.45) is 0. The van der Waals surface area contributed by atoms with Crippen LogP contribution in [-0.4, -0.2) is 0 Å². The van der Waals surface area contributed by atoms with Crippen LogP contribution in [0, 0.1) is 0 Å². The van der Waals surface area contributed by atoms with Crippen molar-refractivity contribution in [2.75, 3.05) is 4.90 Å². The number of hydrogen-bond acceptors (Lipinski definition) is 1. The van der Waals surface area contributed by atoms with E-state index in [4.69, 9.17) is 8.22 Å². The zero-order valence-corrected chi connectivity index (χ0v) is 27.6. The second-order valence-electron chi connectivity index (χ2n) is 12.5. The predicted octanol–water partition coefficient (Wildman–Crippen LogP) is 14.1. The molecule has 0 atom stereocenters. The summed E-state index contributed by atoms with van der Waals surface area (Å²) >= 11 is 0. The molecular weight excluding hydrogens is 615 g/mol. The summed E-state index contributed by atoms with van der Waals surface area (Å²) in [5.74, 6) is 0. The second-order valence-corrected chi connectivity index (χ2v) is 12.5. The van der Waals surface area contributed by atoms with E-state index in [1.165, 1.54) is 0 Å². The van der Waals surface area contributed by atoms with E-state index in [0.717, 1.165) is 55.3 Å². The summed E-state index contributed by atoms with van der Waals surface area (Å²) in [5.41, 5.74) is 9.50. The van der Waals surface area contributed by atoms with Crippen molar-refractivity contribution in [3.63, 3.8) is 0 Å². The van der Waals surface area contributed by atoms with Crippen molar-refractivity contribution < 1.29 is 9.60 Å². The summed E-state index contributed by atoms with van der Waals surface area (Å²) in [5, 5.41) is 2.12. The summed E-state index contributed by atoms with van der Waals surface area (Å²) in [6.45, 7) is 0. The van der Waals surface area contributed by atoms with Gasteiger partial charge in [-0.25, -0.2) is 0 Å². The van der Waals surface area contributed by atoms with Gasteiger partial charge in [-0.3, -0.25) is 0 Å². The summed E-state index contributed by atoms with van der Waals surface area (Å²) in [4.78, 5) is 1.78. The Kier molecular flexibility index (Phi) is 6.16. The first-order valence-electron chi connectivity index (χ1n) is 20.4. The fraction of sp³-hybridized carbons (Fsp3) is 0. The highest BCUT2D eigenvalue weighted by atomic mass is 15.1. The number of rotatable bonds is 7. The molecule has 0 spiro atoms. The smallest absolute Gasteiger partial charge is 0.0645 e. The minimum Gasteiger partial charge on any atom is -0.310 e. The Labute approximate surface area is 309 Å². The van der Waals surface area contributed by atoms with Crippen LogP contribution in [0.4, 0.5) is 17.1 Å². The van der Waals surface area contributed by atoms with Crippen LogP contribution in [0.2, 0.25) is 0 Å².